The molecule has 1 aromatic carbocycles. The third-order valence-electron chi connectivity index (χ3n) is 2.91. The standard InChI is InChI=1S/C14H19N3O2S2/c1-12-3-5-13(6-4-12)21(18,19)17-8-2-7-15-11-14-16-9-10-20-14/h3-6,9-10,15,17H,2,7-8,11H2,1H3. The minimum atomic E-state index is -3.40. The number of benzene rings is 1. The maximum Gasteiger partial charge on any atom is 0.240 e. The topological polar surface area (TPSA) is 71.1 Å². The third kappa shape index (κ3) is 5.20. The van der Waals surface area contributed by atoms with E-state index < -0.39 is 10.0 Å². The van der Waals surface area contributed by atoms with E-state index in [2.05, 4.69) is 15.0 Å². The molecule has 1 heterocycles. The molecule has 0 aliphatic carbocycles. The summed E-state index contributed by atoms with van der Waals surface area (Å²) in [5, 5.41) is 6.21. The number of thiazole rings is 1. The fourth-order valence-corrected chi connectivity index (χ4v) is 3.42. The summed E-state index contributed by atoms with van der Waals surface area (Å²) in [6.45, 7) is 3.82. The molecule has 0 unspecified atom stereocenters. The number of sulfonamides is 1. The molecule has 0 bridgehead atoms. The summed E-state index contributed by atoms with van der Waals surface area (Å²) in [5.74, 6) is 0. The molecule has 0 spiro atoms. The second-order valence-electron chi connectivity index (χ2n) is 4.67. The molecule has 114 valence electrons. The van der Waals surface area contributed by atoms with E-state index in [0.29, 0.717) is 11.4 Å². The molecule has 2 N–H and O–H groups in total. The lowest BCUT2D eigenvalue weighted by molar-refractivity contribution is 0.573. The quantitative estimate of drug-likeness (QED) is 0.727. The van der Waals surface area contributed by atoms with E-state index in [1.807, 2.05) is 12.3 Å². The Hall–Kier alpha value is -1.28. The van der Waals surface area contributed by atoms with E-state index in [1.165, 1.54) is 0 Å². The van der Waals surface area contributed by atoms with Gasteiger partial charge in [-0.25, -0.2) is 18.1 Å². The number of nitrogens with one attached hydrogen (secondary N) is 2. The van der Waals surface area contributed by atoms with Crippen molar-refractivity contribution in [2.45, 2.75) is 24.8 Å². The fourth-order valence-electron chi connectivity index (χ4n) is 1.76. The monoisotopic (exact) mass is 325 g/mol. The predicted molar refractivity (Wildman–Crippen MR) is 84.8 cm³/mol. The zero-order chi connectivity index (χ0) is 15.1. The summed E-state index contributed by atoms with van der Waals surface area (Å²) in [5.41, 5.74) is 1.04. The highest BCUT2D eigenvalue weighted by Gasteiger charge is 2.12. The van der Waals surface area contributed by atoms with Gasteiger partial charge in [0.1, 0.15) is 5.01 Å². The molecule has 0 aliphatic heterocycles. The molecule has 5 nitrogen and oxygen atoms in total. The van der Waals surface area contributed by atoms with Crippen molar-refractivity contribution in [2.24, 2.45) is 0 Å². The van der Waals surface area contributed by atoms with E-state index in [-0.39, 0.29) is 0 Å². The van der Waals surface area contributed by atoms with Crippen molar-refractivity contribution in [2.75, 3.05) is 13.1 Å². The van der Waals surface area contributed by atoms with Crippen LogP contribution in [0.25, 0.3) is 0 Å². The first kappa shape index (κ1) is 16.1. The zero-order valence-electron chi connectivity index (χ0n) is 11.9. The highest BCUT2D eigenvalue weighted by molar-refractivity contribution is 7.89. The van der Waals surface area contributed by atoms with Crippen LogP contribution in [0.4, 0.5) is 0 Å². The molecule has 0 atom stereocenters. The second kappa shape index (κ2) is 7.65. The number of rotatable bonds is 8. The summed E-state index contributed by atoms with van der Waals surface area (Å²) >= 11 is 1.60. The Bertz CT molecular complexity index is 637. The predicted octanol–water partition coefficient (Wildman–Crippen LogP) is 1.91. The second-order valence-corrected chi connectivity index (χ2v) is 7.41. The molecule has 0 amide bonds. The summed E-state index contributed by atoms with van der Waals surface area (Å²) < 4.78 is 26.7. The van der Waals surface area contributed by atoms with Gasteiger partial charge in [0.15, 0.2) is 0 Å². The van der Waals surface area contributed by atoms with Crippen molar-refractivity contribution >= 4 is 21.4 Å². The van der Waals surface area contributed by atoms with Crippen molar-refractivity contribution in [3.05, 3.63) is 46.4 Å². The van der Waals surface area contributed by atoms with Gasteiger partial charge < -0.3 is 5.32 Å². The Morgan fingerprint density at radius 3 is 2.62 bits per heavy atom. The summed E-state index contributed by atoms with van der Waals surface area (Å²) in [6.07, 6.45) is 2.51. The summed E-state index contributed by atoms with van der Waals surface area (Å²) in [6, 6.07) is 6.84. The molecule has 2 rings (SSSR count). The van der Waals surface area contributed by atoms with Gasteiger partial charge in [0.2, 0.25) is 10.0 Å². The van der Waals surface area contributed by atoms with Gasteiger partial charge in [0, 0.05) is 24.7 Å². The third-order valence-corrected chi connectivity index (χ3v) is 5.17. The normalized spacial score (nSPS) is 11.7. The van der Waals surface area contributed by atoms with E-state index in [9.17, 15) is 8.42 Å². The van der Waals surface area contributed by atoms with Crippen LogP contribution in [0, 0.1) is 6.92 Å². The average molecular weight is 325 g/mol. The highest BCUT2D eigenvalue weighted by Crippen LogP contribution is 2.09. The largest absolute Gasteiger partial charge is 0.310 e. The van der Waals surface area contributed by atoms with Crippen LogP contribution in [-0.4, -0.2) is 26.5 Å². The first-order valence-corrected chi connectivity index (χ1v) is 9.09. The highest BCUT2D eigenvalue weighted by atomic mass is 32.2. The lowest BCUT2D eigenvalue weighted by Gasteiger charge is -2.07. The Morgan fingerprint density at radius 2 is 1.95 bits per heavy atom. The van der Waals surface area contributed by atoms with Crippen LogP contribution in [0.3, 0.4) is 0 Å². The molecule has 21 heavy (non-hydrogen) atoms. The molecule has 7 heteroatoms. The number of aromatic nitrogens is 1. The van der Waals surface area contributed by atoms with Gasteiger partial charge in [0.25, 0.3) is 0 Å². The van der Waals surface area contributed by atoms with E-state index >= 15 is 0 Å². The lowest BCUT2D eigenvalue weighted by atomic mass is 10.2. The Balaban J connectivity index is 1.69. The van der Waals surface area contributed by atoms with Gasteiger partial charge in [-0.1, -0.05) is 17.7 Å². The van der Waals surface area contributed by atoms with Crippen LogP contribution in [-0.2, 0) is 16.6 Å². The lowest BCUT2D eigenvalue weighted by Crippen LogP contribution is -2.27. The number of aryl methyl sites for hydroxylation is 1. The molecule has 0 aliphatic rings. The molecular weight excluding hydrogens is 306 g/mol. The smallest absolute Gasteiger partial charge is 0.240 e. The van der Waals surface area contributed by atoms with Gasteiger partial charge in [-0.05, 0) is 32.0 Å². The zero-order valence-corrected chi connectivity index (χ0v) is 13.5. The molecule has 0 saturated carbocycles. The van der Waals surface area contributed by atoms with Crippen LogP contribution in [0.1, 0.15) is 17.0 Å². The van der Waals surface area contributed by atoms with Crippen molar-refractivity contribution in [3.63, 3.8) is 0 Å². The average Bonchev–Trinajstić information content (AvgIpc) is 2.96. The van der Waals surface area contributed by atoms with E-state index in [4.69, 9.17) is 0 Å². The molecular formula is C14H19N3O2S2. The number of hydrogen-bond acceptors (Lipinski definition) is 5. The Kier molecular flexibility index (Phi) is 5.86. The number of hydrogen-bond donors (Lipinski definition) is 2. The van der Waals surface area contributed by atoms with Gasteiger partial charge in [-0.2, -0.15) is 0 Å². The molecule has 0 fully saturated rings. The first-order valence-electron chi connectivity index (χ1n) is 6.73. The minimum absolute atomic E-state index is 0.309. The van der Waals surface area contributed by atoms with Gasteiger partial charge >= 0.3 is 0 Å². The fraction of sp³-hybridized carbons (Fsp3) is 0.357. The molecule has 0 radical (unpaired) electrons. The van der Waals surface area contributed by atoms with Crippen LogP contribution < -0.4 is 10.0 Å². The van der Waals surface area contributed by atoms with Crippen LogP contribution >= 0.6 is 11.3 Å². The van der Waals surface area contributed by atoms with Gasteiger partial charge in [0.05, 0.1) is 4.90 Å². The summed E-state index contributed by atoms with van der Waals surface area (Å²) in [4.78, 5) is 4.47. The maximum atomic E-state index is 12.0. The summed E-state index contributed by atoms with van der Waals surface area (Å²) in [7, 11) is -3.40. The Morgan fingerprint density at radius 1 is 1.19 bits per heavy atom. The molecule has 0 saturated heterocycles. The number of nitrogens with zero attached hydrogens (tertiary/aromatic N) is 1. The van der Waals surface area contributed by atoms with Crippen molar-refractivity contribution < 1.29 is 8.42 Å². The van der Waals surface area contributed by atoms with Crippen LogP contribution in [0.2, 0.25) is 0 Å². The Labute approximate surface area is 129 Å². The minimum Gasteiger partial charge on any atom is -0.310 e. The SMILES string of the molecule is Cc1ccc(S(=O)(=O)NCCCNCc2nccs2)cc1. The molecule has 1 aromatic heterocycles. The molecule has 2 aromatic rings. The van der Waals surface area contributed by atoms with Crippen LogP contribution in [0.15, 0.2) is 40.7 Å². The van der Waals surface area contributed by atoms with Gasteiger partial charge in [-0.3, -0.25) is 0 Å². The van der Waals surface area contributed by atoms with Crippen molar-refractivity contribution in [1.29, 1.82) is 0 Å². The van der Waals surface area contributed by atoms with Crippen molar-refractivity contribution in [3.8, 4) is 0 Å². The maximum absolute atomic E-state index is 12.0. The van der Waals surface area contributed by atoms with E-state index in [0.717, 1.165) is 30.1 Å². The van der Waals surface area contributed by atoms with Gasteiger partial charge in [-0.15, -0.1) is 11.3 Å². The van der Waals surface area contributed by atoms with Crippen LogP contribution in [0.5, 0.6) is 0 Å². The van der Waals surface area contributed by atoms with Crippen molar-refractivity contribution in [1.82, 2.24) is 15.0 Å². The van der Waals surface area contributed by atoms with E-state index in [1.54, 1.807) is 41.8 Å². The first-order chi connectivity index (χ1) is 10.1.